The highest BCUT2D eigenvalue weighted by molar-refractivity contribution is 6.36. The van der Waals surface area contributed by atoms with E-state index in [1.165, 1.54) is 0 Å². The second kappa shape index (κ2) is 11.4. The SMILES string of the molecule is CCNCc1[nH]c(C(=O)O)c(Cl)c1-c1ccc(CO)c(CO)c1CO.O=C=O. The van der Waals surface area contributed by atoms with Crippen LogP contribution in [-0.2, 0) is 36.0 Å². The van der Waals surface area contributed by atoms with Crippen LogP contribution < -0.4 is 5.32 Å². The van der Waals surface area contributed by atoms with Crippen molar-refractivity contribution in [2.75, 3.05) is 6.54 Å². The van der Waals surface area contributed by atoms with Crippen molar-refractivity contribution in [3.8, 4) is 11.1 Å². The van der Waals surface area contributed by atoms with Crippen LogP contribution in [0.15, 0.2) is 12.1 Å². The Bertz CT molecular complexity index is 858. The van der Waals surface area contributed by atoms with Gasteiger partial charge in [0.25, 0.3) is 0 Å². The maximum absolute atomic E-state index is 11.4. The summed E-state index contributed by atoms with van der Waals surface area (Å²) in [6, 6.07) is 3.28. The minimum Gasteiger partial charge on any atom is -0.477 e. The Hall–Kier alpha value is -2.52. The minimum absolute atomic E-state index is 0.0377. The molecule has 1 heterocycles. The first-order valence-electron chi connectivity index (χ1n) is 8.21. The lowest BCUT2D eigenvalue weighted by molar-refractivity contribution is -0.191. The van der Waals surface area contributed by atoms with Gasteiger partial charge in [-0.1, -0.05) is 30.7 Å². The predicted octanol–water partition coefficient (Wildman–Crippen LogP) is 1.04. The topological polar surface area (TPSA) is 160 Å². The Kier molecular flexibility index (Phi) is 9.54. The highest BCUT2D eigenvalue weighted by atomic mass is 35.5. The number of aliphatic hydroxyl groups is 3. The summed E-state index contributed by atoms with van der Waals surface area (Å²) in [4.78, 5) is 30.5. The summed E-state index contributed by atoms with van der Waals surface area (Å²) < 4.78 is 0. The summed E-state index contributed by atoms with van der Waals surface area (Å²) in [5.74, 6) is -1.19. The summed E-state index contributed by atoms with van der Waals surface area (Å²) in [6.07, 6.45) is 0.250. The van der Waals surface area contributed by atoms with E-state index in [0.29, 0.717) is 46.6 Å². The number of carbonyl (C=O) groups is 1. The molecule has 1 aromatic carbocycles. The van der Waals surface area contributed by atoms with Crippen LogP contribution in [0.5, 0.6) is 0 Å². The van der Waals surface area contributed by atoms with Gasteiger partial charge in [0.2, 0.25) is 0 Å². The van der Waals surface area contributed by atoms with Gasteiger partial charge in [-0.15, -0.1) is 0 Å². The summed E-state index contributed by atoms with van der Waals surface area (Å²) in [5, 5.41) is 41.3. The fourth-order valence-electron chi connectivity index (χ4n) is 2.84. The van der Waals surface area contributed by atoms with E-state index in [1.54, 1.807) is 12.1 Å². The molecule has 10 heteroatoms. The maximum Gasteiger partial charge on any atom is 0.373 e. The number of hydrogen-bond acceptors (Lipinski definition) is 7. The molecular formula is C18H21ClN2O7. The van der Waals surface area contributed by atoms with Crippen LogP contribution in [0.4, 0.5) is 0 Å². The lowest BCUT2D eigenvalue weighted by Gasteiger charge is -2.16. The van der Waals surface area contributed by atoms with Gasteiger partial charge in [0, 0.05) is 17.8 Å². The first-order valence-corrected chi connectivity index (χ1v) is 8.59. The van der Waals surface area contributed by atoms with E-state index in [1.807, 2.05) is 6.92 Å². The van der Waals surface area contributed by atoms with E-state index >= 15 is 0 Å². The Morgan fingerprint density at radius 1 is 1.14 bits per heavy atom. The van der Waals surface area contributed by atoms with Crippen LogP contribution >= 0.6 is 11.6 Å². The van der Waals surface area contributed by atoms with E-state index in [4.69, 9.17) is 21.2 Å². The molecule has 0 saturated carbocycles. The third kappa shape index (κ3) is 5.05. The summed E-state index contributed by atoms with van der Waals surface area (Å²) in [5.41, 5.74) is 2.72. The summed E-state index contributed by atoms with van der Waals surface area (Å²) in [6.45, 7) is 1.92. The molecule has 0 spiro atoms. The molecule has 9 nitrogen and oxygen atoms in total. The molecule has 0 aliphatic rings. The van der Waals surface area contributed by atoms with Gasteiger partial charge in [0.05, 0.1) is 24.8 Å². The number of carbonyl (C=O) groups excluding carboxylic acids is 2. The van der Waals surface area contributed by atoms with Crippen LogP contribution in [0.3, 0.4) is 0 Å². The van der Waals surface area contributed by atoms with Gasteiger partial charge >= 0.3 is 12.1 Å². The molecule has 0 atom stereocenters. The number of carboxylic acids is 1. The second-order valence-electron chi connectivity index (χ2n) is 5.54. The van der Waals surface area contributed by atoms with Gasteiger partial charge in [-0.25, -0.2) is 4.79 Å². The monoisotopic (exact) mass is 412 g/mol. The summed E-state index contributed by atoms with van der Waals surface area (Å²) in [7, 11) is 0. The van der Waals surface area contributed by atoms with E-state index in [9.17, 15) is 25.2 Å². The molecule has 2 aromatic rings. The third-order valence-electron chi connectivity index (χ3n) is 4.07. The number of aliphatic hydroxyl groups excluding tert-OH is 3. The number of aromatic amines is 1. The molecule has 0 amide bonds. The Morgan fingerprint density at radius 3 is 2.21 bits per heavy atom. The van der Waals surface area contributed by atoms with Gasteiger partial charge < -0.3 is 30.7 Å². The highest BCUT2D eigenvalue weighted by Crippen LogP contribution is 2.38. The van der Waals surface area contributed by atoms with Gasteiger partial charge in [-0.05, 0) is 28.8 Å². The van der Waals surface area contributed by atoms with Crippen molar-refractivity contribution in [3.05, 3.63) is 45.2 Å². The molecule has 0 saturated heterocycles. The van der Waals surface area contributed by atoms with Crippen molar-refractivity contribution in [1.82, 2.24) is 10.3 Å². The maximum atomic E-state index is 11.4. The van der Waals surface area contributed by atoms with Crippen LogP contribution in [0, 0.1) is 0 Å². The first kappa shape index (κ1) is 23.5. The number of hydrogen-bond donors (Lipinski definition) is 6. The first-order chi connectivity index (χ1) is 13.4. The largest absolute Gasteiger partial charge is 0.477 e. The highest BCUT2D eigenvalue weighted by Gasteiger charge is 2.24. The smallest absolute Gasteiger partial charge is 0.373 e. The average molecular weight is 413 g/mol. The van der Waals surface area contributed by atoms with Crippen molar-refractivity contribution < 1.29 is 34.8 Å². The van der Waals surface area contributed by atoms with Crippen molar-refractivity contribution in [1.29, 1.82) is 0 Å². The number of halogens is 1. The third-order valence-corrected chi connectivity index (χ3v) is 4.44. The number of benzene rings is 1. The van der Waals surface area contributed by atoms with Gasteiger partial charge in [-0.2, -0.15) is 9.59 Å². The Balaban J connectivity index is 0.00000122. The molecular weight excluding hydrogens is 392 g/mol. The predicted molar refractivity (Wildman–Crippen MR) is 98.4 cm³/mol. The molecule has 0 fully saturated rings. The van der Waals surface area contributed by atoms with Crippen molar-refractivity contribution in [3.63, 3.8) is 0 Å². The normalized spacial score (nSPS) is 10.2. The summed E-state index contributed by atoms with van der Waals surface area (Å²) >= 11 is 6.30. The van der Waals surface area contributed by atoms with Gasteiger partial charge in [-0.3, -0.25) is 0 Å². The standard InChI is InChI=1S/C17H21ClN2O5.CO2/c1-2-19-5-13-14(15(18)16(20-13)17(24)25)10-4-3-9(6-21)11(7-22)12(10)8-23;2-1-3/h3-4,19-23H,2,5-8H2,1H3,(H,24,25);. The van der Waals surface area contributed by atoms with Gasteiger partial charge in [0.15, 0.2) is 0 Å². The molecule has 6 N–H and O–H groups in total. The van der Waals surface area contributed by atoms with E-state index in [0.717, 1.165) is 0 Å². The zero-order chi connectivity index (χ0) is 21.3. The van der Waals surface area contributed by atoms with Crippen molar-refractivity contribution in [2.24, 2.45) is 0 Å². The molecule has 1 aromatic heterocycles. The Morgan fingerprint density at radius 2 is 1.75 bits per heavy atom. The number of rotatable bonds is 8. The van der Waals surface area contributed by atoms with Crippen LogP contribution in [0.2, 0.25) is 5.02 Å². The molecule has 0 radical (unpaired) electrons. The lowest BCUT2D eigenvalue weighted by Crippen LogP contribution is -2.13. The molecule has 0 bridgehead atoms. The quantitative estimate of drug-likeness (QED) is 0.375. The molecule has 0 unspecified atom stereocenters. The minimum atomic E-state index is -1.19. The fourth-order valence-corrected chi connectivity index (χ4v) is 3.18. The molecule has 0 aliphatic heterocycles. The Labute approximate surface area is 165 Å². The molecule has 0 aliphatic carbocycles. The van der Waals surface area contributed by atoms with E-state index in [-0.39, 0.29) is 36.7 Å². The molecule has 28 heavy (non-hydrogen) atoms. The zero-order valence-electron chi connectivity index (χ0n) is 15.1. The van der Waals surface area contributed by atoms with Crippen molar-refractivity contribution >= 4 is 23.7 Å². The number of aromatic carboxylic acids is 1. The lowest BCUT2D eigenvalue weighted by atomic mass is 9.92. The van der Waals surface area contributed by atoms with Gasteiger partial charge in [0.1, 0.15) is 5.69 Å². The number of H-pyrrole nitrogens is 1. The number of nitrogens with one attached hydrogen (secondary N) is 2. The fraction of sp³-hybridized carbons (Fsp3) is 0.333. The molecule has 152 valence electrons. The van der Waals surface area contributed by atoms with Crippen LogP contribution in [0.1, 0.15) is 39.8 Å². The van der Waals surface area contributed by atoms with E-state index < -0.39 is 5.97 Å². The molecule has 2 rings (SSSR count). The average Bonchev–Trinajstić information content (AvgIpc) is 3.01. The van der Waals surface area contributed by atoms with Crippen molar-refractivity contribution in [2.45, 2.75) is 33.3 Å². The van der Waals surface area contributed by atoms with E-state index in [2.05, 4.69) is 10.3 Å². The second-order valence-corrected chi connectivity index (χ2v) is 5.92. The van der Waals surface area contributed by atoms with Crippen LogP contribution in [-0.4, -0.2) is 44.1 Å². The van der Waals surface area contributed by atoms with Crippen LogP contribution in [0.25, 0.3) is 11.1 Å². The number of aromatic nitrogens is 1. The zero-order valence-corrected chi connectivity index (χ0v) is 15.8. The number of carboxylic acid groups (broad SMARTS) is 1.